The number of hydrogen-bond acceptors (Lipinski definition) is 6. The Morgan fingerprint density at radius 1 is 1.15 bits per heavy atom. The summed E-state index contributed by atoms with van der Waals surface area (Å²) in [5.41, 5.74) is 0.364. The van der Waals surface area contributed by atoms with E-state index in [1.807, 2.05) is 0 Å². The Balaban J connectivity index is 3.28. The second kappa shape index (κ2) is 6.81. The van der Waals surface area contributed by atoms with Gasteiger partial charge in [0, 0.05) is 23.2 Å². The van der Waals surface area contributed by atoms with Crippen LogP contribution in [0, 0.1) is 0 Å². The summed E-state index contributed by atoms with van der Waals surface area (Å²) in [5, 5.41) is 0. The van der Waals surface area contributed by atoms with Crippen LogP contribution in [0.5, 0.6) is 11.5 Å². The van der Waals surface area contributed by atoms with Crippen molar-refractivity contribution in [3.05, 3.63) is 17.7 Å². The largest absolute Gasteiger partial charge is 0.493 e. The Kier molecular flexibility index (Phi) is 5.64. The molecular weight excluding hydrogens is 308 g/mol. The van der Waals surface area contributed by atoms with E-state index in [2.05, 4.69) is 4.74 Å². The normalized spacial score (nSPS) is 11.0. The highest BCUT2D eigenvalue weighted by Crippen LogP contribution is 2.34. The van der Waals surface area contributed by atoms with Gasteiger partial charge in [0.15, 0.2) is 11.5 Å². The van der Waals surface area contributed by atoms with Gasteiger partial charge in [0.1, 0.15) is 0 Å². The third-order valence-corrected chi connectivity index (χ3v) is 4.06. The lowest BCUT2D eigenvalue weighted by Crippen LogP contribution is -2.06. The molecule has 6 nitrogen and oxygen atoms in total. The van der Waals surface area contributed by atoms with Crippen LogP contribution in [0.15, 0.2) is 17.0 Å². The van der Waals surface area contributed by atoms with Crippen molar-refractivity contribution in [2.75, 3.05) is 21.3 Å². The van der Waals surface area contributed by atoms with Crippen molar-refractivity contribution in [1.82, 2.24) is 0 Å². The Bertz CT molecular complexity index is 596. The van der Waals surface area contributed by atoms with E-state index in [0.29, 0.717) is 11.3 Å². The predicted octanol–water partition coefficient (Wildman–Crippen LogP) is 1.74. The maximum atomic E-state index is 11.6. The molecule has 1 aromatic rings. The maximum Gasteiger partial charge on any atom is 0.305 e. The molecule has 0 N–H and O–H groups in total. The SMILES string of the molecule is COC(=O)CCc1cc(OC)c(OC)cc1S(=O)(=O)Cl. The van der Waals surface area contributed by atoms with Crippen molar-refractivity contribution in [1.29, 1.82) is 0 Å². The van der Waals surface area contributed by atoms with E-state index in [4.69, 9.17) is 20.2 Å². The Hall–Kier alpha value is -1.47. The highest BCUT2D eigenvalue weighted by Gasteiger charge is 2.20. The lowest BCUT2D eigenvalue weighted by Gasteiger charge is -2.13. The van der Waals surface area contributed by atoms with Crippen molar-refractivity contribution in [3.63, 3.8) is 0 Å². The lowest BCUT2D eigenvalue weighted by molar-refractivity contribution is -0.140. The number of methoxy groups -OCH3 is 3. The zero-order valence-corrected chi connectivity index (χ0v) is 12.9. The number of aryl methyl sites for hydroxylation is 1. The molecule has 1 rings (SSSR count). The average molecular weight is 323 g/mol. The minimum atomic E-state index is -3.96. The van der Waals surface area contributed by atoms with Crippen LogP contribution in [0.3, 0.4) is 0 Å². The highest BCUT2D eigenvalue weighted by molar-refractivity contribution is 8.13. The van der Waals surface area contributed by atoms with Gasteiger partial charge in [-0.15, -0.1) is 0 Å². The third kappa shape index (κ3) is 4.01. The number of halogens is 1. The molecule has 20 heavy (non-hydrogen) atoms. The quantitative estimate of drug-likeness (QED) is 0.586. The van der Waals surface area contributed by atoms with Gasteiger partial charge in [0.05, 0.1) is 26.2 Å². The standard InChI is InChI=1S/C12H15ClO6S/c1-17-9-6-8(4-5-12(14)19-3)11(20(13,15)16)7-10(9)18-2/h6-7H,4-5H2,1-3H3. The first-order chi connectivity index (χ1) is 9.33. The zero-order valence-electron chi connectivity index (χ0n) is 11.3. The average Bonchev–Trinajstić information content (AvgIpc) is 2.42. The summed E-state index contributed by atoms with van der Waals surface area (Å²) in [6.45, 7) is 0. The van der Waals surface area contributed by atoms with E-state index in [-0.39, 0.29) is 23.5 Å². The first-order valence-electron chi connectivity index (χ1n) is 5.59. The van der Waals surface area contributed by atoms with Gasteiger partial charge in [-0.1, -0.05) is 0 Å². The number of carbonyl (C=O) groups is 1. The van der Waals surface area contributed by atoms with Crippen molar-refractivity contribution < 1.29 is 27.4 Å². The predicted molar refractivity (Wildman–Crippen MR) is 72.9 cm³/mol. The number of hydrogen-bond donors (Lipinski definition) is 0. The summed E-state index contributed by atoms with van der Waals surface area (Å²) in [6.07, 6.45) is 0.194. The number of rotatable bonds is 6. The van der Waals surface area contributed by atoms with Gasteiger partial charge in [0.25, 0.3) is 9.05 Å². The van der Waals surface area contributed by atoms with E-state index in [1.54, 1.807) is 0 Å². The van der Waals surface area contributed by atoms with E-state index >= 15 is 0 Å². The number of esters is 1. The molecule has 0 spiro atoms. The van der Waals surface area contributed by atoms with Gasteiger partial charge in [-0.25, -0.2) is 8.42 Å². The molecule has 0 atom stereocenters. The summed E-state index contributed by atoms with van der Waals surface area (Å²) < 4.78 is 37.8. The molecule has 0 aromatic heterocycles. The molecule has 0 unspecified atom stereocenters. The number of benzene rings is 1. The summed E-state index contributed by atoms with van der Waals surface area (Å²) >= 11 is 0. The fraction of sp³-hybridized carbons (Fsp3) is 0.417. The molecule has 0 saturated carbocycles. The van der Waals surface area contributed by atoms with Gasteiger partial charge in [-0.05, 0) is 18.1 Å². The highest BCUT2D eigenvalue weighted by atomic mass is 35.7. The Morgan fingerprint density at radius 3 is 2.15 bits per heavy atom. The lowest BCUT2D eigenvalue weighted by atomic mass is 10.1. The second-order valence-corrected chi connectivity index (χ2v) is 6.36. The van der Waals surface area contributed by atoms with Crippen LogP contribution in [-0.4, -0.2) is 35.7 Å². The van der Waals surface area contributed by atoms with E-state index in [0.717, 1.165) is 0 Å². The molecule has 0 aliphatic rings. The van der Waals surface area contributed by atoms with Gasteiger partial charge < -0.3 is 14.2 Å². The van der Waals surface area contributed by atoms with Crippen LogP contribution in [0.25, 0.3) is 0 Å². The molecule has 0 bridgehead atoms. The van der Waals surface area contributed by atoms with Crippen LogP contribution in [0.4, 0.5) is 0 Å². The van der Waals surface area contributed by atoms with Crippen LogP contribution in [-0.2, 0) is 25.0 Å². The van der Waals surface area contributed by atoms with Gasteiger partial charge >= 0.3 is 5.97 Å². The first kappa shape index (κ1) is 16.6. The van der Waals surface area contributed by atoms with E-state index in [1.165, 1.54) is 33.5 Å². The van der Waals surface area contributed by atoms with Crippen molar-refractivity contribution in [2.24, 2.45) is 0 Å². The molecular formula is C12H15ClO6S. The molecule has 0 aliphatic heterocycles. The van der Waals surface area contributed by atoms with E-state index < -0.39 is 15.0 Å². The fourth-order valence-electron chi connectivity index (χ4n) is 1.66. The first-order valence-corrected chi connectivity index (χ1v) is 7.90. The molecule has 0 saturated heterocycles. The second-order valence-electron chi connectivity index (χ2n) is 3.83. The van der Waals surface area contributed by atoms with Crippen molar-refractivity contribution in [2.45, 2.75) is 17.7 Å². The Morgan fingerprint density at radius 2 is 1.70 bits per heavy atom. The molecule has 8 heteroatoms. The zero-order chi connectivity index (χ0) is 15.3. The van der Waals surface area contributed by atoms with Gasteiger partial charge in [-0.2, -0.15) is 0 Å². The van der Waals surface area contributed by atoms with Crippen LogP contribution >= 0.6 is 10.7 Å². The smallest absolute Gasteiger partial charge is 0.305 e. The van der Waals surface area contributed by atoms with Crippen LogP contribution in [0.1, 0.15) is 12.0 Å². The number of carbonyl (C=O) groups excluding carboxylic acids is 1. The van der Waals surface area contributed by atoms with Crippen molar-refractivity contribution >= 4 is 25.7 Å². The maximum absolute atomic E-state index is 11.6. The van der Waals surface area contributed by atoms with Crippen molar-refractivity contribution in [3.8, 4) is 11.5 Å². The van der Waals surface area contributed by atoms with Crippen LogP contribution < -0.4 is 9.47 Å². The minimum absolute atomic E-state index is 0.0331. The molecule has 0 aliphatic carbocycles. The van der Waals surface area contributed by atoms with Crippen LogP contribution in [0.2, 0.25) is 0 Å². The van der Waals surface area contributed by atoms with E-state index in [9.17, 15) is 13.2 Å². The Labute approximate surface area is 122 Å². The number of ether oxygens (including phenoxy) is 3. The monoisotopic (exact) mass is 322 g/mol. The topological polar surface area (TPSA) is 78.9 Å². The molecule has 112 valence electrons. The summed E-state index contributed by atoms with van der Waals surface area (Å²) in [7, 11) is 5.51. The molecule has 0 radical (unpaired) electrons. The molecule has 0 amide bonds. The van der Waals surface area contributed by atoms with Gasteiger partial charge in [0.2, 0.25) is 0 Å². The minimum Gasteiger partial charge on any atom is -0.493 e. The summed E-state index contributed by atoms with van der Waals surface area (Å²) in [6, 6.07) is 2.75. The molecule has 1 aromatic carbocycles. The third-order valence-electron chi connectivity index (χ3n) is 2.66. The fourth-order valence-corrected chi connectivity index (χ4v) is 2.82. The summed E-state index contributed by atoms with van der Waals surface area (Å²) in [4.78, 5) is 11.1. The molecule has 0 fully saturated rings. The summed E-state index contributed by atoms with van der Waals surface area (Å²) in [5.74, 6) is 0.155. The molecule has 0 heterocycles. The van der Waals surface area contributed by atoms with Gasteiger partial charge in [-0.3, -0.25) is 4.79 Å².